The second-order valence-electron chi connectivity index (χ2n) is 7.04. The number of unbranched alkanes of at least 4 members (excludes halogenated alkanes) is 3. The topological polar surface area (TPSA) is 113 Å². The Balaban J connectivity index is -0.000000844. The molecule has 0 saturated carbocycles. The molecule has 2 unspecified atom stereocenters. The zero-order valence-corrected chi connectivity index (χ0v) is 19.4. The molecular formula is C20H48NO5P. The lowest BCUT2D eigenvalue weighted by Crippen LogP contribution is -2.12. The Bertz CT molecular complexity index is 305. The predicted octanol–water partition coefficient (Wildman–Crippen LogP) is 5.47. The SMILES string of the molecule is CCCCC(CC)COP(=O)(O)OCC(CC)CCCC.CCCCN.O. The molecule has 0 saturated heterocycles. The highest BCUT2D eigenvalue weighted by Gasteiger charge is 2.24. The van der Waals surface area contributed by atoms with Crippen molar-refractivity contribution in [3.8, 4) is 0 Å². The summed E-state index contributed by atoms with van der Waals surface area (Å²) < 4.78 is 22.2. The van der Waals surface area contributed by atoms with Crippen LogP contribution in [0.3, 0.4) is 0 Å². The summed E-state index contributed by atoms with van der Waals surface area (Å²) in [6.45, 7) is 12.1. The van der Waals surface area contributed by atoms with Gasteiger partial charge in [0.15, 0.2) is 0 Å². The van der Waals surface area contributed by atoms with Gasteiger partial charge in [-0.25, -0.2) is 4.57 Å². The molecule has 0 aromatic heterocycles. The van der Waals surface area contributed by atoms with Crippen molar-refractivity contribution in [1.82, 2.24) is 0 Å². The Morgan fingerprint density at radius 1 is 0.815 bits per heavy atom. The first-order chi connectivity index (χ1) is 12.4. The van der Waals surface area contributed by atoms with Gasteiger partial charge in [0.2, 0.25) is 0 Å². The fraction of sp³-hybridized carbons (Fsp3) is 1.00. The lowest BCUT2D eigenvalue weighted by atomic mass is 10.0. The van der Waals surface area contributed by atoms with E-state index in [1.54, 1.807) is 0 Å². The minimum Gasteiger partial charge on any atom is -0.412 e. The van der Waals surface area contributed by atoms with Gasteiger partial charge in [0.1, 0.15) is 0 Å². The molecule has 0 radical (unpaired) electrons. The molecule has 27 heavy (non-hydrogen) atoms. The van der Waals surface area contributed by atoms with E-state index in [2.05, 4.69) is 34.6 Å². The molecule has 0 fully saturated rings. The summed E-state index contributed by atoms with van der Waals surface area (Å²) in [7, 11) is -3.89. The molecule has 2 atom stereocenters. The van der Waals surface area contributed by atoms with Crippen molar-refractivity contribution < 1.29 is 24.0 Å². The van der Waals surface area contributed by atoms with Gasteiger partial charge in [-0.05, 0) is 37.6 Å². The Labute approximate surface area is 168 Å². The van der Waals surface area contributed by atoms with Crippen LogP contribution in [0.5, 0.6) is 0 Å². The quantitative estimate of drug-likeness (QED) is 0.326. The monoisotopic (exact) mass is 413 g/mol. The Hall–Kier alpha value is 0.0300. The number of hydrogen-bond acceptors (Lipinski definition) is 4. The molecule has 7 heteroatoms. The highest BCUT2D eigenvalue weighted by atomic mass is 31.2. The molecule has 0 bridgehead atoms. The predicted molar refractivity (Wildman–Crippen MR) is 116 cm³/mol. The molecule has 0 aliphatic rings. The molecule has 0 aromatic carbocycles. The van der Waals surface area contributed by atoms with Crippen LogP contribution in [0, 0.1) is 11.8 Å². The summed E-state index contributed by atoms with van der Waals surface area (Å²) >= 11 is 0. The first-order valence-electron chi connectivity index (χ1n) is 10.7. The van der Waals surface area contributed by atoms with Crippen LogP contribution in [0.4, 0.5) is 0 Å². The molecule has 0 aromatic rings. The van der Waals surface area contributed by atoms with Crippen LogP contribution in [-0.4, -0.2) is 30.1 Å². The van der Waals surface area contributed by atoms with Gasteiger partial charge in [-0.15, -0.1) is 0 Å². The van der Waals surface area contributed by atoms with E-state index >= 15 is 0 Å². The van der Waals surface area contributed by atoms with Crippen LogP contribution in [0.1, 0.15) is 98.8 Å². The van der Waals surface area contributed by atoms with Crippen molar-refractivity contribution in [2.24, 2.45) is 17.6 Å². The van der Waals surface area contributed by atoms with E-state index in [4.69, 9.17) is 14.8 Å². The van der Waals surface area contributed by atoms with Crippen molar-refractivity contribution in [3.63, 3.8) is 0 Å². The van der Waals surface area contributed by atoms with E-state index in [1.165, 1.54) is 12.8 Å². The summed E-state index contributed by atoms with van der Waals surface area (Å²) in [4.78, 5) is 9.77. The highest BCUT2D eigenvalue weighted by molar-refractivity contribution is 7.47. The van der Waals surface area contributed by atoms with Crippen molar-refractivity contribution >= 4 is 7.82 Å². The van der Waals surface area contributed by atoms with E-state index in [0.717, 1.165) is 57.9 Å². The van der Waals surface area contributed by atoms with E-state index in [0.29, 0.717) is 25.0 Å². The van der Waals surface area contributed by atoms with Crippen LogP contribution in [0.15, 0.2) is 0 Å². The van der Waals surface area contributed by atoms with Crippen molar-refractivity contribution in [2.75, 3.05) is 19.8 Å². The maximum absolute atomic E-state index is 11.9. The van der Waals surface area contributed by atoms with Crippen LogP contribution >= 0.6 is 7.82 Å². The Morgan fingerprint density at radius 3 is 1.41 bits per heavy atom. The third kappa shape index (κ3) is 22.2. The number of phosphoric acid groups is 1. The molecule has 0 amide bonds. The second kappa shape index (κ2) is 22.3. The molecular weight excluding hydrogens is 365 g/mol. The van der Waals surface area contributed by atoms with Crippen LogP contribution < -0.4 is 5.73 Å². The summed E-state index contributed by atoms with van der Waals surface area (Å²) in [6.07, 6.45) is 10.9. The third-order valence-corrected chi connectivity index (χ3v) is 5.54. The Kier molecular flexibility index (Phi) is 26.2. The highest BCUT2D eigenvalue weighted by Crippen LogP contribution is 2.44. The summed E-state index contributed by atoms with van der Waals surface area (Å²) in [5, 5.41) is 0. The zero-order valence-electron chi connectivity index (χ0n) is 18.5. The lowest BCUT2D eigenvalue weighted by Gasteiger charge is -2.20. The normalized spacial score (nSPS) is 15.1. The van der Waals surface area contributed by atoms with Gasteiger partial charge in [0.25, 0.3) is 0 Å². The van der Waals surface area contributed by atoms with Crippen LogP contribution in [-0.2, 0) is 13.6 Å². The first-order valence-corrected chi connectivity index (χ1v) is 12.2. The minimum atomic E-state index is -3.89. The number of nitrogens with two attached hydrogens (primary N) is 1. The van der Waals surface area contributed by atoms with Gasteiger partial charge in [0.05, 0.1) is 13.2 Å². The number of hydrogen-bond donors (Lipinski definition) is 2. The van der Waals surface area contributed by atoms with Crippen LogP contribution in [0.2, 0.25) is 0 Å². The average Bonchev–Trinajstić information content (AvgIpc) is 2.63. The number of phosphoric ester groups is 1. The summed E-state index contributed by atoms with van der Waals surface area (Å²) in [6, 6.07) is 0. The van der Waals surface area contributed by atoms with E-state index in [9.17, 15) is 9.46 Å². The molecule has 5 N–H and O–H groups in total. The van der Waals surface area contributed by atoms with Gasteiger partial charge >= 0.3 is 7.82 Å². The Morgan fingerprint density at radius 2 is 1.19 bits per heavy atom. The first kappa shape index (κ1) is 31.7. The molecule has 168 valence electrons. The molecule has 0 aliphatic heterocycles. The fourth-order valence-electron chi connectivity index (χ4n) is 2.44. The smallest absolute Gasteiger partial charge is 0.412 e. The maximum Gasteiger partial charge on any atom is 0.472 e. The van der Waals surface area contributed by atoms with Gasteiger partial charge < -0.3 is 16.1 Å². The largest absolute Gasteiger partial charge is 0.472 e. The fourth-order valence-corrected chi connectivity index (χ4v) is 3.31. The van der Waals surface area contributed by atoms with Crippen molar-refractivity contribution in [1.29, 1.82) is 0 Å². The minimum absolute atomic E-state index is 0. The summed E-state index contributed by atoms with van der Waals surface area (Å²) in [5.41, 5.74) is 5.14. The zero-order chi connectivity index (χ0) is 20.3. The third-order valence-electron chi connectivity index (χ3n) is 4.59. The lowest BCUT2D eigenvalue weighted by molar-refractivity contribution is 0.110. The molecule has 0 spiro atoms. The van der Waals surface area contributed by atoms with Crippen LogP contribution in [0.25, 0.3) is 0 Å². The van der Waals surface area contributed by atoms with Gasteiger partial charge in [-0.2, -0.15) is 0 Å². The number of rotatable bonds is 16. The van der Waals surface area contributed by atoms with Gasteiger partial charge in [-0.1, -0.05) is 79.6 Å². The van der Waals surface area contributed by atoms with Gasteiger partial charge in [0, 0.05) is 0 Å². The summed E-state index contributed by atoms with van der Waals surface area (Å²) in [5.74, 6) is 0.687. The van der Waals surface area contributed by atoms with E-state index in [1.807, 2.05) is 0 Å². The van der Waals surface area contributed by atoms with Gasteiger partial charge in [-0.3, -0.25) is 9.05 Å². The van der Waals surface area contributed by atoms with E-state index < -0.39 is 7.82 Å². The van der Waals surface area contributed by atoms with Crippen molar-refractivity contribution in [2.45, 2.75) is 98.8 Å². The average molecular weight is 414 g/mol. The molecule has 0 rings (SSSR count). The molecule has 0 heterocycles. The molecule has 6 nitrogen and oxygen atoms in total. The van der Waals surface area contributed by atoms with E-state index in [-0.39, 0.29) is 5.48 Å². The second-order valence-corrected chi connectivity index (χ2v) is 8.49. The molecule has 0 aliphatic carbocycles. The standard InChI is InChI=1S/C16H35O4P.C4H11N.H2O/c1-5-9-11-15(7-3)13-19-21(17,18)20-14-16(8-4)12-10-6-2;1-2-3-4-5;/h15-16H,5-14H2,1-4H3,(H,17,18);2-5H2,1H3;1H2. The van der Waals surface area contributed by atoms with Crippen molar-refractivity contribution in [3.05, 3.63) is 0 Å². The maximum atomic E-state index is 11.9.